The summed E-state index contributed by atoms with van der Waals surface area (Å²) >= 11 is 0. The average molecular weight is 195 g/mol. The van der Waals surface area contributed by atoms with Crippen molar-refractivity contribution in [3.05, 3.63) is 35.6 Å². The molecule has 1 rings (SSSR count). The van der Waals surface area contributed by atoms with Crippen LogP contribution in [-0.2, 0) is 0 Å². The molecule has 1 N–H and O–H groups in total. The van der Waals surface area contributed by atoms with E-state index in [4.69, 9.17) is 0 Å². The standard InChI is InChI=1S/C12H18FN/c1-3-9-14-12(4-2)10-7-5-6-8-11(10)13/h5-8,12,14H,3-4,9H2,1-2H3. The molecule has 0 amide bonds. The minimum atomic E-state index is -0.108. The van der Waals surface area contributed by atoms with E-state index < -0.39 is 0 Å². The lowest BCUT2D eigenvalue weighted by atomic mass is 10.0. The van der Waals surface area contributed by atoms with E-state index in [9.17, 15) is 4.39 Å². The van der Waals surface area contributed by atoms with Crippen molar-refractivity contribution in [3.63, 3.8) is 0 Å². The van der Waals surface area contributed by atoms with Gasteiger partial charge in [-0.25, -0.2) is 4.39 Å². The maximum absolute atomic E-state index is 13.4. The summed E-state index contributed by atoms with van der Waals surface area (Å²) in [4.78, 5) is 0. The second kappa shape index (κ2) is 5.76. The average Bonchev–Trinajstić information content (AvgIpc) is 2.21. The molecule has 1 atom stereocenters. The Labute approximate surface area is 85.3 Å². The number of halogens is 1. The van der Waals surface area contributed by atoms with Gasteiger partial charge in [-0.1, -0.05) is 32.0 Å². The highest BCUT2D eigenvalue weighted by atomic mass is 19.1. The lowest BCUT2D eigenvalue weighted by Crippen LogP contribution is -2.22. The third-order valence-electron chi connectivity index (χ3n) is 2.33. The Kier molecular flexibility index (Phi) is 4.60. The van der Waals surface area contributed by atoms with Crippen molar-refractivity contribution >= 4 is 0 Å². The molecule has 0 aliphatic carbocycles. The Bertz CT molecular complexity index is 273. The molecule has 0 saturated carbocycles. The first-order valence-corrected chi connectivity index (χ1v) is 5.27. The molecular formula is C12H18FN. The lowest BCUT2D eigenvalue weighted by Gasteiger charge is -2.17. The van der Waals surface area contributed by atoms with Gasteiger partial charge in [0.25, 0.3) is 0 Å². The molecule has 0 aliphatic rings. The van der Waals surface area contributed by atoms with E-state index >= 15 is 0 Å². The third-order valence-corrected chi connectivity index (χ3v) is 2.33. The van der Waals surface area contributed by atoms with Gasteiger partial charge < -0.3 is 5.32 Å². The summed E-state index contributed by atoms with van der Waals surface area (Å²) in [6.45, 7) is 5.12. The highest BCUT2D eigenvalue weighted by Gasteiger charge is 2.11. The van der Waals surface area contributed by atoms with Gasteiger partial charge in [0.1, 0.15) is 5.82 Å². The van der Waals surface area contributed by atoms with Gasteiger partial charge in [0, 0.05) is 11.6 Å². The van der Waals surface area contributed by atoms with Crippen LogP contribution in [-0.4, -0.2) is 6.54 Å². The van der Waals surface area contributed by atoms with Gasteiger partial charge in [0.2, 0.25) is 0 Å². The highest BCUT2D eigenvalue weighted by Crippen LogP contribution is 2.19. The third kappa shape index (κ3) is 2.81. The smallest absolute Gasteiger partial charge is 0.127 e. The maximum atomic E-state index is 13.4. The second-order valence-electron chi connectivity index (χ2n) is 3.44. The van der Waals surface area contributed by atoms with Crippen LogP contribution in [0.15, 0.2) is 24.3 Å². The molecule has 1 nitrogen and oxygen atoms in total. The number of benzene rings is 1. The first kappa shape index (κ1) is 11.2. The molecule has 0 aliphatic heterocycles. The SMILES string of the molecule is CCCNC(CC)c1ccccc1F. The van der Waals surface area contributed by atoms with E-state index in [1.54, 1.807) is 6.07 Å². The van der Waals surface area contributed by atoms with Gasteiger partial charge in [-0.15, -0.1) is 0 Å². The van der Waals surface area contributed by atoms with Gasteiger partial charge >= 0.3 is 0 Å². The van der Waals surface area contributed by atoms with Crippen LogP contribution >= 0.6 is 0 Å². The summed E-state index contributed by atoms with van der Waals surface area (Å²) in [6.07, 6.45) is 1.99. The minimum absolute atomic E-state index is 0.108. The summed E-state index contributed by atoms with van der Waals surface area (Å²) in [7, 11) is 0. The van der Waals surface area contributed by atoms with Crippen molar-refractivity contribution in [1.29, 1.82) is 0 Å². The van der Waals surface area contributed by atoms with Gasteiger partial charge in [-0.3, -0.25) is 0 Å². The van der Waals surface area contributed by atoms with E-state index in [1.807, 2.05) is 12.1 Å². The summed E-state index contributed by atoms with van der Waals surface area (Å²) in [5.74, 6) is -0.108. The number of rotatable bonds is 5. The molecule has 0 aromatic heterocycles. The fourth-order valence-electron chi connectivity index (χ4n) is 1.55. The number of hydrogen-bond donors (Lipinski definition) is 1. The topological polar surface area (TPSA) is 12.0 Å². The molecule has 1 aromatic carbocycles. The van der Waals surface area contributed by atoms with Crippen molar-refractivity contribution in [2.45, 2.75) is 32.7 Å². The number of nitrogens with one attached hydrogen (secondary N) is 1. The van der Waals surface area contributed by atoms with Crippen molar-refractivity contribution in [1.82, 2.24) is 5.32 Å². The molecule has 0 bridgehead atoms. The first-order valence-electron chi connectivity index (χ1n) is 5.27. The molecule has 0 spiro atoms. The Balaban J connectivity index is 2.73. The molecule has 0 fully saturated rings. The van der Waals surface area contributed by atoms with Crippen LogP contribution in [0.4, 0.5) is 4.39 Å². The Hall–Kier alpha value is -0.890. The molecule has 0 heterocycles. The van der Waals surface area contributed by atoms with Crippen LogP contribution in [0.25, 0.3) is 0 Å². The van der Waals surface area contributed by atoms with E-state index in [2.05, 4.69) is 19.2 Å². The van der Waals surface area contributed by atoms with Crippen LogP contribution in [0, 0.1) is 5.82 Å². The summed E-state index contributed by atoms with van der Waals surface area (Å²) < 4.78 is 13.4. The van der Waals surface area contributed by atoms with Crippen LogP contribution in [0.5, 0.6) is 0 Å². The summed E-state index contributed by atoms with van der Waals surface area (Å²) in [6, 6.07) is 7.13. The quantitative estimate of drug-likeness (QED) is 0.760. The van der Waals surface area contributed by atoms with E-state index in [0.717, 1.165) is 24.9 Å². The zero-order valence-corrected chi connectivity index (χ0v) is 8.89. The van der Waals surface area contributed by atoms with Crippen LogP contribution in [0.2, 0.25) is 0 Å². The Morgan fingerprint density at radius 2 is 2.00 bits per heavy atom. The fourth-order valence-corrected chi connectivity index (χ4v) is 1.55. The summed E-state index contributed by atoms with van der Waals surface area (Å²) in [5, 5.41) is 3.34. The number of hydrogen-bond acceptors (Lipinski definition) is 1. The zero-order valence-electron chi connectivity index (χ0n) is 8.89. The minimum Gasteiger partial charge on any atom is -0.310 e. The van der Waals surface area contributed by atoms with E-state index in [1.165, 1.54) is 6.07 Å². The molecule has 14 heavy (non-hydrogen) atoms. The van der Waals surface area contributed by atoms with E-state index in [-0.39, 0.29) is 11.9 Å². The van der Waals surface area contributed by atoms with Crippen molar-refractivity contribution in [3.8, 4) is 0 Å². The van der Waals surface area contributed by atoms with Crippen molar-refractivity contribution in [2.24, 2.45) is 0 Å². The van der Waals surface area contributed by atoms with Gasteiger partial charge in [0.15, 0.2) is 0 Å². The first-order chi connectivity index (χ1) is 6.79. The Morgan fingerprint density at radius 1 is 1.29 bits per heavy atom. The molecule has 1 aromatic rings. The van der Waals surface area contributed by atoms with Gasteiger partial charge in [0.05, 0.1) is 0 Å². The second-order valence-corrected chi connectivity index (χ2v) is 3.44. The monoisotopic (exact) mass is 195 g/mol. The van der Waals surface area contributed by atoms with Crippen molar-refractivity contribution < 1.29 is 4.39 Å². The molecule has 78 valence electrons. The molecule has 2 heteroatoms. The Morgan fingerprint density at radius 3 is 2.57 bits per heavy atom. The molecule has 0 saturated heterocycles. The normalized spacial score (nSPS) is 12.8. The molecule has 1 unspecified atom stereocenters. The summed E-state index contributed by atoms with van der Waals surface area (Å²) in [5.41, 5.74) is 0.781. The van der Waals surface area contributed by atoms with Crippen LogP contribution in [0.3, 0.4) is 0 Å². The molecular weight excluding hydrogens is 177 g/mol. The van der Waals surface area contributed by atoms with Gasteiger partial charge in [-0.2, -0.15) is 0 Å². The van der Waals surface area contributed by atoms with E-state index in [0.29, 0.717) is 0 Å². The lowest BCUT2D eigenvalue weighted by molar-refractivity contribution is 0.488. The highest BCUT2D eigenvalue weighted by molar-refractivity contribution is 5.20. The predicted octanol–water partition coefficient (Wildman–Crippen LogP) is 3.28. The zero-order chi connectivity index (χ0) is 10.4. The largest absolute Gasteiger partial charge is 0.310 e. The van der Waals surface area contributed by atoms with Gasteiger partial charge in [-0.05, 0) is 25.5 Å². The van der Waals surface area contributed by atoms with Crippen LogP contribution < -0.4 is 5.32 Å². The van der Waals surface area contributed by atoms with Crippen LogP contribution in [0.1, 0.15) is 38.3 Å². The molecule has 0 radical (unpaired) electrons. The maximum Gasteiger partial charge on any atom is 0.127 e. The predicted molar refractivity (Wildman–Crippen MR) is 57.7 cm³/mol. The fraction of sp³-hybridized carbons (Fsp3) is 0.500. The van der Waals surface area contributed by atoms with Crippen molar-refractivity contribution in [2.75, 3.05) is 6.54 Å².